The molecule has 2 N–H and O–H groups in total. The maximum atomic E-state index is 13.4. The Balaban J connectivity index is 1.29. The van der Waals surface area contributed by atoms with Crippen molar-refractivity contribution in [3.63, 3.8) is 0 Å². The Hall–Kier alpha value is -2.23. The maximum absolute atomic E-state index is 13.4. The molecule has 7 heteroatoms. The summed E-state index contributed by atoms with van der Waals surface area (Å²) < 4.78 is 28.0. The predicted octanol–water partition coefficient (Wildman–Crippen LogP) is 5.50. The summed E-state index contributed by atoms with van der Waals surface area (Å²) in [5.74, 6) is -0.520. The highest BCUT2D eigenvalue weighted by atomic mass is 127. The Morgan fingerprint density at radius 3 is 1.88 bits per heavy atom. The lowest BCUT2D eigenvalue weighted by molar-refractivity contribution is 0.126. The van der Waals surface area contributed by atoms with E-state index in [1.165, 1.54) is 29.8 Å². The van der Waals surface area contributed by atoms with Crippen LogP contribution in [0.4, 0.5) is 25.8 Å². The lowest BCUT2D eigenvalue weighted by Crippen LogP contribution is -2.46. The van der Waals surface area contributed by atoms with Crippen LogP contribution in [0.15, 0.2) is 66.7 Å². The fourth-order valence-corrected chi connectivity index (χ4v) is 4.78. The fourth-order valence-electron chi connectivity index (χ4n) is 4.20. The number of piperazine rings is 1. The summed E-state index contributed by atoms with van der Waals surface area (Å²) in [5.41, 5.74) is 9.88. The molecular formula is C26H29F2IN4. The molecule has 0 bridgehead atoms. The Kier molecular flexibility index (Phi) is 8.16. The normalized spacial score (nSPS) is 15.0. The quantitative estimate of drug-likeness (QED) is 0.291. The molecule has 0 amide bonds. The summed E-state index contributed by atoms with van der Waals surface area (Å²) in [6, 6.07) is 19.2. The van der Waals surface area contributed by atoms with Crippen molar-refractivity contribution >= 4 is 39.7 Å². The molecule has 0 aromatic heterocycles. The number of halogens is 3. The van der Waals surface area contributed by atoms with Crippen molar-refractivity contribution in [3.8, 4) is 0 Å². The molecule has 3 aromatic carbocycles. The summed E-state index contributed by atoms with van der Waals surface area (Å²) in [4.78, 5) is 7.11. The standard InChI is InChI=1S/C26H29F2IN4/c27-21-3-7-23(8-4-21)33(24-9-5-22(28)6-10-24)13-1-12-31-14-16-32(17-15-31)19-20-2-11-26(30)25(29)18-20/h2-11,18H,1,12-17,19,30H2. The van der Waals surface area contributed by atoms with Gasteiger partial charge in [-0.2, -0.15) is 0 Å². The van der Waals surface area contributed by atoms with Gasteiger partial charge in [0, 0.05) is 59.9 Å². The Morgan fingerprint density at radius 1 is 0.788 bits per heavy atom. The van der Waals surface area contributed by atoms with E-state index in [2.05, 4.69) is 49.4 Å². The number of nitrogens with zero attached hydrogens (tertiary/aromatic N) is 3. The Morgan fingerprint density at radius 2 is 1.33 bits per heavy atom. The second kappa shape index (κ2) is 11.3. The van der Waals surface area contributed by atoms with Crippen LogP contribution in [-0.4, -0.2) is 49.1 Å². The van der Waals surface area contributed by atoms with Gasteiger partial charge in [0.25, 0.3) is 0 Å². The van der Waals surface area contributed by atoms with Crippen molar-refractivity contribution in [2.24, 2.45) is 0 Å². The van der Waals surface area contributed by atoms with Gasteiger partial charge in [-0.3, -0.25) is 4.90 Å². The van der Waals surface area contributed by atoms with Crippen LogP contribution in [-0.2, 0) is 6.54 Å². The van der Waals surface area contributed by atoms with Gasteiger partial charge in [-0.25, -0.2) is 8.78 Å². The second-order valence-electron chi connectivity index (χ2n) is 8.43. The summed E-state index contributed by atoms with van der Waals surface area (Å²) in [6.07, 6.45) is 0.963. The third-order valence-electron chi connectivity index (χ3n) is 6.07. The average Bonchev–Trinajstić information content (AvgIpc) is 2.82. The lowest BCUT2D eigenvalue weighted by atomic mass is 10.1. The molecule has 1 saturated heterocycles. The average molecular weight is 562 g/mol. The molecule has 174 valence electrons. The van der Waals surface area contributed by atoms with Crippen molar-refractivity contribution in [1.82, 2.24) is 9.80 Å². The van der Waals surface area contributed by atoms with E-state index in [4.69, 9.17) is 5.73 Å². The summed E-state index contributed by atoms with van der Waals surface area (Å²) in [5, 5.41) is 0. The molecule has 1 heterocycles. The molecule has 0 spiro atoms. The van der Waals surface area contributed by atoms with Gasteiger partial charge < -0.3 is 15.5 Å². The topological polar surface area (TPSA) is 35.7 Å². The first-order valence-electron chi connectivity index (χ1n) is 11.3. The van der Waals surface area contributed by atoms with E-state index in [1.54, 1.807) is 24.3 Å². The van der Waals surface area contributed by atoms with Crippen LogP contribution in [0.3, 0.4) is 0 Å². The zero-order valence-electron chi connectivity index (χ0n) is 18.6. The van der Waals surface area contributed by atoms with Gasteiger partial charge in [-0.05, 0) is 102 Å². The maximum Gasteiger partial charge on any atom is 0.123 e. The van der Waals surface area contributed by atoms with Gasteiger partial charge in [-0.1, -0.05) is 6.07 Å². The van der Waals surface area contributed by atoms with E-state index in [-0.39, 0.29) is 11.6 Å². The SMILES string of the molecule is Nc1ccc(CN2CCN(CCCN(c3ccc(F)cc3)c3ccc(F)cc3)CC2)cc1I. The molecule has 0 radical (unpaired) electrons. The molecule has 33 heavy (non-hydrogen) atoms. The third-order valence-corrected chi connectivity index (χ3v) is 7.00. The molecule has 1 fully saturated rings. The van der Waals surface area contributed by atoms with E-state index < -0.39 is 0 Å². The zero-order valence-corrected chi connectivity index (χ0v) is 20.7. The minimum Gasteiger partial charge on any atom is -0.398 e. The van der Waals surface area contributed by atoms with Gasteiger partial charge in [0.2, 0.25) is 0 Å². The number of benzene rings is 3. The van der Waals surface area contributed by atoms with Gasteiger partial charge in [-0.15, -0.1) is 0 Å². The molecule has 4 nitrogen and oxygen atoms in total. The highest BCUT2D eigenvalue weighted by Gasteiger charge is 2.18. The Labute approximate surface area is 208 Å². The van der Waals surface area contributed by atoms with Crippen molar-refractivity contribution in [3.05, 3.63) is 87.5 Å². The smallest absolute Gasteiger partial charge is 0.123 e. The van der Waals surface area contributed by atoms with Crippen LogP contribution < -0.4 is 10.6 Å². The molecule has 0 aliphatic carbocycles. The monoisotopic (exact) mass is 562 g/mol. The fraction of sp³-hybridized carbons (Fsp3) is 0.308. The molecule has 1 aliphatic heterocycles. The number of nitrogen functional groups attached to an aromatic ring is 1. The van der Waals surface area contributed by atoms with Crippen LogP contribution in [0.25, 0.3) is 0 Å². The van der Waals surface area contributed by atoms with Crippen LogP contribution in [0.5, 0.6) is 0 Å². The molecular weight excluding hydrogens is 533 g/mol. The molecule has 4 rings (SSSR count). The van der Waals surface area contributed by atoms with Crippen molar-refractivity contribution < 1.29 is 8.78 Å². The van der Waals surface area contributed by atoms with Gasteiger partial charge >= 0.3 is 0 Å². The van der Waals surface area contributed by atoms with Crippen molar-refractivity contribution in [2.75, 3.05) is 49.9 Å². The first kappa shape index (κ1) is 23.9. The number of hydrogen-bond donors (Lipinski definition) is 1. The van der Waals surface area contributed by atoms with E-state index >= 15 is 0 Å². The molecule has 1 aliphatic rings. The number of rotatable bonds is 8. The largest absolute Gasteiger partial charge is 0.398 e. The van der Waals surface area contributed by atoms with E-state index in [9.17, 15) is 8.78 Å². The van der Waals surface area contributed by atoms with E-state index in [1.807, 2.05) is 6.07 Å². The zero-order chi connectivity index (χ0) is 23.2. The summed E-state index contributed by atoms with van der Waals surface area (Å²) >= 11 is 2.29. The molecule has 0 saturated carbocycles. The van der Waals surface area contributed by atoms with Crippen LogP contribution in [0.2, 0.25) is 0 Å². The third kappa shape index (κ3) is 6.65. The minimum atomic E-state index is -0.260. The number of nitrogens with two attached hydrogens (primary N) is 1. The van der Waals surface area contributed by atoms with Gasteiger partial charge in [0.1, 0.15) is 11.6 Å². The van der Waals surface area contributed by atoms with Crippen LogP contribution >= 0.6 is 22.6 Å². The molecule has 0 atom stereocenters. The van der Waals surface area contributed by atoms with Crippen LogP contribution in [0, 0.1) is 15.2 Å². The first-order chi connectivity index (χ1) is 16.0. The highest BCUT2D eigenvalue weighted by molar-refractivity contribution is 14.1. The first-order valence-corrected chi connectivity index (χ1v) is 12.3. The number of anilines is 3. The minimum absolute atomic E-state index is 0.260. The molecule has 0 unspecified atom stereocenters. The highest BCUT2D eigenvalue weighted by Crippen LogP contribution is 2.26. The second-order valence-corrected chi connectivity index (χ2v) is 9.59. The van der Waals surface area contributed by atoms with E-state index in [0.29, 0.717) is 0 Å². The summed E-state index contributed by atoms with van der Waals surface area (Å²) in [7, 11) is 0. The lowest BCUT2D eigenvalue weighted by Gasteiger charge is -2.35. The van der Waals surface area contributed by atoms with Gasteiger partial charge in [0.05, 0.1) is 0 Å². The van der Waals surface area contributed by atoms with Gasteiger partial charge in [0.15, 0.2) is 0 Å². The van der Waals surface area contributed by atoms with Crippen molar-refractivity contribution in [1.29, 1.82) is 0 Å². The predicted molar refractivity (Wildman–Crippen MR) is 140 cm³/mol. The van der Waals surface area contributed by atoms with Crippen LogP contribution in [0.1, 0.15) is 12.0 Å². The Bertz CT molecular complexity index is 990. The van der Waals surface area contributed by atoms with Crippen molar-refractivity contribution in [2.45, 2.75) is 13.0 Å². The molecule has 3 aromatic rings. The number of hydrogen-bond acceptors (Lipinski definition) is 4. The summed E-state index contributed by atoms with van der Waals surface area (Å²) in [6.45, 7) is 6.89. The van der Waals surface area contributed by atoms with E-state index in [0.717, 1.165) is 72.9 Å².